The summed E-state index contributed by atoms with van der Waals surface area (Å²) in [5.41, 5.74) is 17.1. The van der Waals surface area contributed by atoms with Crippen LogP contribution in [-0.2, 0) is 6.18 Å². The summed E-state index contributed by atoms with van der Waals surface area (Å²) in [6.07, 6.45) is -2.95. The van der Waals surface area contributed by atoms with E-state index in [9.17, 15) is 13.2 Å². The lowest BCUT2D eigenvalue weighted by atomic mass is 9.87. The molecule has 0 spiro atoms. The fraction of sp³-hybridized carbons (Fsp3) is 0.183. The lowest BCUT2D eigenvalue weighted by Crippen LogP contribution is -2.10. The van der Waals surface area contributed by atoms with Crippen molar-refractivity contribution in [3.05, 3.63) is 228 Å². The van der Waals surface area contributed by atoms with Crippen molar-refractivity contribution in [1.29, 1.82) is 0 Å². The van der Waals surface area contributed by atoms with Gasteiger partial charge in [0.2, 0.25) is 0 Å². The van der Waals surface area contributed by atoms with Crippen LogP contribution in [0.1, 0.15) is 107 Å². The molecule has 0 aliphatic heterocycles. The van der Waals surface area contributed by atoms with Crippen molar-refractivity contribution in [2.45, 2.75) is 85.2 Å². The number of hydrogen-bond acceptors (Lipinski definition) is 4. The minimum Gasteiger partial charge on any atom is -0.460 e. The highest BCUT2D eigenvalue weighted by Gasteiger charge is 2.33. The maximum Gasteiger partial charge on any atom is 0.416 e. The first-order valence-electron chi connectivity index (χ1n) is 27.5. The zero-order chi connectivity index (χ0) is 55.6. The maximum absolute atomic E-state index is 14.5. The third-order valence-electron chi connectivity index (χ3n) is 15.3. The van der Waals surface area contributed by atoms with E-state index in [2.05, 4.69) is 174 Å². The Bertz CT molecular complexity index is 4200. The highest BCUT2D eigenvalue weighted by atomic mass is 19.4. The Morgan fingerprint density at radius 3 is 1.45 bits per heavy atom. The van der Waals surface area contributed by atoms with Gasteiger partial charge in [-0.3, -0.25) is 9.13 Å². The number of para-hydroxylation sites is 2. The Balaban J connectivity index is 1.00. The van der Waals surface area contributed by atoms with E-state index in [-0.39, 0.29) is 29.2 Å². The molecule has 0 aliphatic carbocycles. The van der Waals surface area contributed by atoms with Gasteiger partial charge in [-0.1, -0.05) is 165 Å². The zero-order valence-electron chi connectivity index (χ0n) is 46.1. The van der Waals surface area contributed by atoms with Crippen LogP contribution in [0, 0.1) is 0 Å². The maximum atomic E-state index is 14.5. The van der Waals surface area contributed by atoms with Gasteiger partial charge in [0.1, 0.15) is 17.4 Å². The smallest absolute Gasteiger partial charge is 0.416 e. The molecule has 0 atom stereocenters. The summed E-state index contributed by atoms with van der Waals surface area (Å²) < 4.78 is 61.1. The molecule has 80 heavy (non-hydrogen) atoms. The largest absolute Gasteiger partial charge is 0.460 e. The molecule has 0 bridgehead atoms. The second-order valence-electron chi connectivity index (χ2n) is 22.1. The van der Waals surface area contributed by atoms with Gasteiger partial charge in [0.15, 0.2) is 11.3 Å². The number of halogens is 3. The molecule has 398 valence electrons. The molecule has 0 amide bonds. The van der Waals surface area contributed by atoms with E-state index in [0.29, 0.717) is 34.0 Å². The van der Waals surface area contributed by atoms with E-state index >= 15 is 0 Å². The molecule has 3 aromatic heterocycles. The molecule has 0 fully saturated rings. The SMILES string of the molecule is CC(C)c1cc(-c2ccccc2)cc(C(C)C)c1-n1c(-c2cccc(Oc3cc(-c4nc5cc(C(F)(F)F)ccc5n4-c4c(C(C)C)cc(-c5ccc(-c6ccccc6)cc5)cc4C(C)C)cc4ccoc34)c2)nc2ccccc21. The zero-order valence-corrected chi connectivity index (χ0v) is 46.1. The first-order chi connectivity index (χ1) is 38.6. The molecule has 0 unspecified atom stereocenters. The molecule has 9 aromatic carbocycles. The number of rotatable bonds is 13. The van der Waals surface area contributed by atoms with E-state index < -0.39 is 11.7 Å². The third kappa shape index (κ3) is 9.54. The second-order valence-corrected chi connectivity index (χ2v) is 22.1. The number of aromatic nitrogens is 4. The van der Waals surface area contributed by atoms with E-state index in [4.69, 9.17) is 19.1 Å². The summed E-state index contributed by atoms with van der Waals surface area (Å²) in [5, 5.41) is 0.744. The highest BCUT2D eigenvalue weighted by molar-refractivity contribution is 5.92. The fourth-order valence-electron chi connectivity index (χ4n) is 11.3. The lowest BCUT2D eigenvalue weighted by Gasteiger charge is -2.24. The molecular weight excluding hydrogens is 998 g/mol. The van der Waals surface area contributed by atoms with Crippen molar-refractivity contribution < 1.29 is 22.3 Å². The van der Waals surface area contributed by atoms with Crippen LogP contribution in [0.15, 0.2) is 205 Å². The average molecular weight is 1060 g/mol. The van der Waals surface area contributed by atoms with Crippen LogP contribution in [0.3, 0.4) is 0 Å². The summed E-state index contributed by atoms with van der Waals surface area (Å²) in [7, 11) is 0. The van der Waals surface area contributed by atoms with Crippen molar-refractivity contribution in [2.24, 2.45) is 0 Å². The number of ether oxygens (including phenoxy) is 1. The number of alkyl halides is 3. The van der Waals surface area contributed by atoms with E-state index in [1.807, 2.05) is 66.7 Å². The van der Waals surface area contributed by atoms with Gasteiger partial charge in [0, 0.05) is 16.5 Å². The first kappa shape index (κ1) is 51.8. The monoisotopic (exact) mass is 1060 g/mol. The first-order valence-corrected chi connectivity index (χ1v) is 27.5. The Morgan fingerprint density at radius 1 is 0.412 bits per heavy atom. The predicted molar refractivity (Wildman–Crippen MR) is 321 cm³/mol. The molecule has 0 aliphatic rings. The van der Waals surface area contributed by atoms with Gasteiger partial charge in [0.25, 0.3) is 0 Å². The molecule has 0 radical (unpaired) electrons. The summed E-state index contributed by atoms with van der Waals surface area (Å²) >= 11 is 0. The van der Waals surface area contributed by atoms with Crippen molar-refractivity contribution in [1.82, 2.24) is 19.1 Å². The fourth-order valence-corrected chi connectivity index (χ4v) is 11.3. The minimum atomic E-state index is -4.57. The van der Waals surface area contributed by atoms with Gasteiger partial charge >= 0.3 is 6.18 Å². The van der Waals surface area contributed by atoms with E-state index in [1.54, 1.807) is 12.3 Å². The summed E-state index contributed by atoms with van der Waals surface area (Å²) in [4.78, 5) is 10.5. The minimum absolute atomic E-state index is 0.0177. The van der Waals surface area contributed by atoms with Gasteiger partial charge in [0.05, 0.1) is 45.3 Å². The second kappa shape index (κ2) is 20.7. The van der Waals surface area contributed by atoms with Crippen molar-refractivity contribution in [3.8, 4) is 79.0 Å². The summed E-state index contributed by atoms with van der Waals surface area (Å²) in [6.45, 7) is 17.6. The Hall–Kier alpha value is -8.95. The van der Waals surface area contributed by atoms with Crippen molar-refractivity contribution in [2.75, 3.05) is 0 Å². The Morgan fingerprint density at radius 2 is 0.887 bits per heavy atom. The Labute approximate surface area is 464 Å². The van der Waals surface area contributed by atoms with Crippen molar-refractivity contribution >= 4 is 33.0 Å². The average Bonchev–Trinajstić information content (AvgIpc) is 3.99. The standard InChI is InChI=1S/C71H61F3N4O2/c1-42(2)57-36-52(47-20-13-10-14-21-47)37-58(43(3)4)66(57)77-63-25-16-15-24-61(63)75-69(77)51-22-17-23-56(35-51)80-65-40-54(34-50-32-33-79-68(50)65)70-76-62-41-55(71(72,73)74)30-31-64(62)78(70)67-59(44(5)6)38-53(39-60(67)45(7)8)49-28-26-48(27-29-49)46-18-11-9-12-19-46/h9-45H,1-8H3. The number of furan rings is 1. The molecule has 0 saturated heterocycles. The highest BCUT2D eigenvalue weighted by Crippen LogP contribution is 2.45. The van der Waals surface area contributed by atoms with Gasteiger partial charge in [-0.2, -0.15) is 13.2 Å². The van der Waals surface area contributed by atoms with Gasteiger partial charge < -0.3 is 9.15 Å². The normalized spacial score (nSPS) is 12.1. The molecular formula is C71H61F3N4O2. The predicted octanol–water partition coefficient (Wildman–Crippen LogP) is 20.8. The molecule has 0 N–H and O–H groups in total. The molecule has 6 nitrogen and oxygen atoms in total. The number of hydrogen-bond donors (Lipinski definition) is 0. The number of imidazole rings is 2. The van der Waals surface area contributed by atoms with Gasteiger partial charge in [-0.05, 0) is 164 Å². The van der Waals surface area contributed by atoms with E-state index in [0.717, 1.165) is 84.7 Å². The summed E-state index contributed by atoms with van der Waals surface area (Å²) in [6, 6.07) is 64.4. The van der Waals surface area contributed by atoms with Gasteiger partial charge in [-0.25, -0.2) is 9.97 Å². The number of fused-ring (bicyclic) bond motifs is 3. The molecule has 3 heterocycles. The molecule has 12 rings (SSSR count). The van der Waals surface area contributed by atoms with Crippen LogP contribution >= 0.6 is 0 Å². The molecule has 9 heteroatoms. The van der Waals surface area contributed by atoms with Crippen LogP contribution < -0.4 is 4.74 Å². The van der Waals surface area contributed by atoms with E-state index in [1.165, 1.54) is 22.3 Å². The number of nitrogens with zero attached hydrogens (tertiary/aromatic N) is 4. The quantitative estimate of drug-likeness (QED) is 0.115. The van der Waals surface area contributed by atoms with Crippen LogP contribution in [0.2, 0.25) is 0 Å². The van der Waals surface area contributed by atoms with Gasteiger partial charge in [-0.15, -0.1) is 0 Å². The topological polar surface area (TPSA) is 58.0 Å². The van der Waals surface area contributed by atoms with Crippen LogP contribution in [-0.4, -0.2) is 19.1 Å². The lowest BCUT2D eigenvalue weighted by molar-refractivity contribution is -0.137. The summed E-state index contributed by atoms with van der Waals surface area (Å²) in [5.74, 6) is 2.62. The molecule has 0 saturated carbocycles. The van der Waals surface area contributed by atoms with Crippen LogP contribution in [0.5, 0.6) is 11.5 Å². The van der Waals surface area contributed by atoms with Crippen LogP contribution in [0.25, 0.3) is 101 Å². The Kier molecular flexibility index (Phi) is 13.4. The number of benzene rings is 9. The van der Waals surface area contributed by atoms with Crippen molar-refractivity contribution in [3.63, 3.8) is 0 Å². The molecule has 12 aromatic rings. The third-order valence-corrected chi connectivity index (χ3v) is 15.3. The van der Waals surface area contributed by atoms with Crippen LogP contribution in [0.4, 0.5) is 13.2 Å².